The summed E-state index contributed by atoms with van der Waals surface area (Å²) in [6.07, 6.45) is 3.69. The molecule has 0 bridgehead atoms. The van der Waals surface area contributed by atoms with Crippen molar-refractivity contribution in [3.63, 3.8) is 0 Å². The van der Waals surface area contributed by atoms with Gasteiger partial charge in [0, 0.05) is 12.1 Å². The molecule has 0 spiro atoms. The number of nitrogens with two attached hydrogens (primary N) is 1. The lowest BCUT2D eigenvalue weighted by atomic mass is 10.1. The van der Waals surface area contributed by atoms with Gasteiger partial charge in [0.1, 0.15) is 5.75 Å². The van der Waals surface area contributed by atoms with Gasteiger partial charge in [-0.2, -0.15) is 0 Å². The molecule has 2 heterocycles. The van der Waals surface area contributed by atoms with E-state index >= 15 is 0 Å². The molecule has 0 fully saturated rings. The Morgan fingerprint density at radius 1 is 1.42 bits per heavy atom. The summed E-state index contributed by atoms with van der Waals surface area (Å²) in [6.45, 7) is 0.906. The number of methoxy groups -OCH3 is 1. The van der Waals surface area contributed by atoms with Gasteiger partial charge in [-0.05, 0) is 24.1 Å². The molecule has 123 valence electrons. The molecule has 3 rings (SSSR count). The van der Waals surface area contributed by atoms with Crippen LogP contribution in [0.4, 0.5) is 0 Å². The van der Waals surface area contributed by atoms with E-state index in [9.17, 15) is 9.59 Å². The van der Waals surface area contributed by atoms with Gasteiger partial charge < -0.3 is 15.4 Å². The molecule has 0 saturated heterocycles. The van der Waals surface area contributed by atoms with Crippen molar-refractivity contribution < 1.29 is 14.3 Å². The predicted molar refractivity (Wildman–Crippen MR) is 85.2 cm³/mol. The highest BCUT2D eigenvalue weighted by molar-refractivity contribution is 5.88. The number of carbonyl (C=O) groups excluding carboxylic acids is 2. The summed E-state index contributed by atoms with van der Waals surface area (Å²) >= 11 is 0. The smallest absolute Gasteiger partial charge is 0.286 e. The van der Waals surface area contributed by atoms with E-state index in [1.165, 1.54) is 0 Å². The highest BCUT2D eigenvalue weighted by atomic mass is 16.5. The van der Waals surface area contributed by atoms with Crippen LogP contribution in [-0.2, 0) is 24.2 Å². The Kier molecular flexibility index (Phi) is 4.41. The Morgan fingerprint density at radius 2 is 2.25 bits per heavy atom. The van der Waals surface area contributed by atoms with Crippen molar-refractivity contribution in [1.29, 1.82) is 0 Å². The lowest BCUT2D eigenvalue weighted by Gasteiger charge is -2.28. The summed E-state index contributed by atoms with van der Waals surface area (Å²) in [7, 11) is 1.59. The average molecular weight is 325 g/mol. The van der Waals surface area contributed by atoms with E-state index in [2.05, 4.69) is 16.2 Å². The quantitative estimate of drug-likeness (QED) is 0.883. The number of ether oxygens (including phenoxy) is 1. The first-order valence-electron chi connectivity index (χ1n) is 7.55. The molecule has 0 saturated carbocycles. The van der Waals surface area contributed by atoms with Gasteiger partial charge >= 0.3 is 0 Å². The van der Waals surface area contributed by atoms with Crippen LogP contribution in [0.15, 0.2) is 24.3 Å². The minimum absolute atomic E-state index is 0.00635. The first-order chi connectivity index (χ1) is 11.6. The van der Waals surface area contributed by atoms with Crippen LogP contribution in [0, 0.1) is 6.20 Å². The second kappa shape index (κ2) is 6.66. The van der Waals surface area contributed by atoms with E-state index in [4.69, 9.17) is 10.5 Å². The second-order valence-electron chi connectivity index (χ2n) is 5.54. The highest BCUT2D eigenvalue weighted by Gasteiger charge is 2.23. The molecule has 2 N–H and O–H groups in total. The van der Waals surface area contributed by atoms with Crippen LogP contribution in [0.2, 0.25) is 0 Å². The Morgan fingerprint density at radius 3 is 3.00 bits per heavy atom. The zero-order valence-corrected chi connectivity index (χ0v) is 13.3. The van der Waals surface area contributed by atoms with Crippen molar-refractivity contribution in [2.75, 3.05) is 13.7 Å². The molecule has 1 aliphatic heterocycles. The Hall–Kier alpha value is -2.96. The zero-order chi connectivity index (χ0) is 17.1. The van der Waals surface area contributed by atoms with Gasteiger partial charge in [-0.15, -0.1) is 0 Å². The third kappa shape index (κ3) is 3.34. The second-order valence-corrected chi connectivity index (χ2v) is 5.54. The van der Waals surface area contributed by atoms with E-state index in [0.29, 0.717) is 25.2 Å². The lowest BCUT2D eigenvalue weighted by Crippen LogP contribution is -2.38. The van der Waals surface area contributed by atoms with Gasteiger partial charge in [-0.25, -0.2) is 9.97 Å². The van der Waals surface area contributed by atoms with Crippen molar-refractivity contribution in [2.45, 2.75) is 19.4 Å². The van der Waals surface area contributed by atoms with Crippen molar-refractivity contribution in [3.8, 4) is 5.75 Å². The average Bonchev–Trinajstić information content (AvgIpc) is 2.60. The van der Waals surface area contributed by atoms with Crippen LogP contribution >= 0.6 is 0 Å². The van der Waals surface area contributed by atoms with Crippen molar-refractivity contribution in [2.24, 2.45) is 5.73 Å². The van der Waals surface area contributed by atoms with Gasteiger partial charge in [-0.3, -0.25) is 9.59 Å². The van der Waals surface area contributed by atoms with E-state index < -0.39 is 5.91 Å². The zero-order valence-electron chi connectivity index (χ0n) is 13.3. The third-order valence-electron chi connectivity index (χ3n) is 3.92. The third-order valence-corrected chi connectivity index (χ3v) is 3.92. The molecule has 24 heavy (non-hydrogen) atoms. The summed E-state index contributed by atoms with van der Waals surface area (Å²) in [5, 5.41) is 0. The predicted octanol–water partition coefficient (Wildman–Crippen LogP) is 0.512. The number of nitrogens with zero attached hydrogens (tertiary/aromatic N) is 3. The first kappa shape index (κ1) is 15.9. The minimum Gasteiger partial charge on any atom is -0.497 e. The van der Waals surface area contributed by atoms with Gasteiger partial charge in [0.25, 0.3) is 5.91 Å². The maximum absolute atomic E-state index is 12.5. The number of hydrogen-bond donors (Lipinski definition) is 1. The molecule has 1 aromatic heterocycles. The largest absolute Gasteiger partial charge is 0.497 e. The number of fused-ring (bicyclic) bond motifs is 1. The number of rotatable bonds is 4. The Bertz CT molecular complexity index is 791. The van der Waals surface area contributed by atoms with Gasteiger partial charge in [0.2, 0.25) is 11.7 Å². The number of amides is 2. The van der Waals surface area contributed by atoms with E-state index in [1.54, 1.807) is 12.0 Å². The van der Waals surface area contributed by atoms with Gasteiger partial charge in [0.15, 0.2) is 0 Å². The van der Waals surface area contributed by atoms with E-state index in [0.717, 1.165) is 16.9 Å². The molecular weight excluding hydrogens is 308 g/mol. The molecule has 1 aliphatic rings. The summed E-state index contributed by atoms with van der Waals surface area (Å²) in [5.41, 5.74) is 7.53. The molecule has 7 heteroatoms. The van der Waals surface area contributed by atoms with Crippen LogP contribution in [0.1, 0.15) is 27.4 Å². The van der Waals surface area contributed by atoms with Crippen LogP contribution in [0.5, 0.6) is 5.75 Å². The number of carbonyl (C=O) groups is 2. The van der Waals surface area contributed by atoms with Crippen molar-refractivity contribution in [3.05, 3.63) is 53.1 Å². The number of hydrogen-bond acceptors (Lipinski definition) is 5. The van der Waals surface area contributed by atoms with Crippen LogP contribution < -0.4 is 10.5 Å². The molecule has 0 atom stereocenters. The molecule has 7 nitrogen and oxygen atoms in total. The number of aromatic nitrogens is 2. The Balaban J connectivity index is 1.73. The maximum atomic E-state index is 12.5. The van der Waals surface area contributed by atoms with Gasteiger partial charge in [0.05, 0.1) is 32.0 Å². The Labute approximate surface area is 139 Å². The molecule has 2 amide bonds. The summed E-state index contributed by atoms with van der Waals surface area (Å²) in [6, 6.07) is 7.42. The summed E-state index contributed by atoms with van der Waals surface area (Å²) in [5.74, 6) is -0.0596. The summed E-state index contributed by atoms with van der Waals surface area (Å²) < 4.78 is 5.17. The minimum atomic E-state index is -0.700. The fourth-order valence-corrected chi connectivity index (χ4v) is 2.63. The standard InChI is InChI=1S/C17H17N4O3/c1-24-13-4-2-3-11(7-13)8-15(22)21-6-5-12-9-19-17(16(18)23)20-14(12)10-21/h2-4,7H,5-6,8,10H2,1H3,(H2,18,23). The fraction of sp³-hybridized carbons (Fsp3) is 0.294. The molecule has 0 aliphatic carbocycles. The van der Waals surface area contributed by atoms with Crippen molar-refractivity contribution in [1.82, 2.24) is 14.9 Å². The van der Waals surface area contributed by atoms with Crippen LogP contribution in [0.25, 0.3) is 0 Å². The normalized spacial score (nSPS) is 13.3. The van der Waals surface area contributed by atoms with Crippen molar-refractivity contribution >= 4 is 11.8 Å². The monoisotopic (exact) mass is 325 g/mol. The van der Waals surface area contributed by atoms with Crippen LogP contribution in [0.3, 0.4) is 0 Å². The molecule has 1 radical (unpaired) electrons. The number of benzene rings is 1. The summed E-state index contributed by atoms with van der Waals surface area (Å²) in [4.78, 5) is 33.4. The molecule has 2 aromatic rings. The maximum Gasteiger partial charge on any atom is 0.286 e. The lowest BCUT2D eigenvalue weighted by molar-refractivity contribution is -0.131. The van der Waals surface area contributed by atoms with E-state index in [1.807, 2.05) is 24.3 Å². The fourth-order valence-electron chi connectivity index (χ4n) is 2.63. The van der Waals surface area contributed by atoms with E-state index in [-0.39, 0.29) is 18.2 Å². The van der Waals surface area contributed by atoms with Crippen LogP contribution in [-0.4, -0.2) is 40.3 Å². The molecular formula is C17H17N4O3. The highest BCUT2D eigenvalue weighted by Crippen LogP contribution is 2.18. The number of primary amides is 1. The topological polar surface area (TPSA) is 98.4 Å². The SMILES string of the molecule is COc1cccc(CC(=O)N2CCc3[c]nc(C(N)=O)nc3C2)c1. The molecule has 0 unspecified atom stereocenters. The van der Waals surface area contributed by atoms with Gasteiger partial charge in [-0.1, -0.05) is 12.1 Å². The first-order valence-corrected chi connectivity index (χ1v) is 7.55. The molecule has 1 aromatic carbocycles.